The first-order valence-electron chi connectivity index (χ1n) is 6.60. The number of thiocarbonyl (C=S) groups is 1. The Morgan fingerprint density at radius 3 is 2.65 bits per heavy atom. The second kappa shape index (κ2) is 5.75. The summed E-state index contributed by atoms with van der Waals surface area (Å²) in [5.74, 6) is 0.570. The fraction of sp³-hybridized carbons (Fsp3) is 0.538. The van der Waals surface area contributed by atoms with Crippen LogP contribution in [0.4, 0.5) is 0 Å². The van der Waals surface area contributed by atoms with Gasteiger partial charge in [-0.05, 0) is 43.7 Å². The van der Waals surface area contributed by atoms with E-state index in [1.807, 2.05) is 0 Å². The van der Waals surface area contributed by atoms with Gasteiger partial charge in [-0.15, -0.1) is 0 Å². The van der Waals surface area contributed by atoms with Crippen molar-refractivity contribution < 1.29 is 8.42 Å². The molecule has 0 radical (unpaired) electrons. The SMILES string of the molecule is CC1CCC(NS(=O)(=O)c2cccnc2)(C(N)=S)CC1. The molecule has 1 aromatic heterocycles. The lowest BCUT2D eigenvalue weighted by Gasteiger charge is -2.38. The van der Waals surface area contributed by atoms with Crippen LogP contribution in [0.25, 0.3) is 0 Å². The van der Waals surface area contributed by atoms with Crippen molar-refractivity contribution >= 4 is 27.2 Å². The zero-order valence-corrected chi connectivity index (χ0v) is 13.0. The molecule has 5 nitrogen and oxygen atoms in total. The molecule has 0 spiro atoms. The van der Waals surface area contributed by atoms with Gasteiger partial charge in [-0.3, -0.25) is 4.98 Å². The summed E-state index contributed by atoms with van der Waals surface area (Å²) in [6.45, 7) is 2.15. The fourth-order valence-electron chi connectivity index (χ4n) is 2.48. The molecule has 7 heteroatoms. The number of rotatable bonds is 4. The fourth-order valence-corrected chi connectivity index (χ4v) is 4.20. The van der Waals surface area contributed by atoms with Crippen molar-refractivity contribution in [2.45, 2.75) is 43.0 Å². The Labute approximate surface area is 125 Å². The minimum absolute atomic E-state index is 0.134. The van der Waals surface area contributed by atoms with E-state index < -0.39 is 15.6 Å². The Balaban J connectivity index is 2.27. The topological polar surface area (TPSA) is 85.1 Å². The summed E-state index contributed by atoms with van der Waals surface area (Å²) >= 11 is 5.12. The highest BCUT2D eigenvalue weighted by molar-refractivity contribution is 7.89. The van der Waals surface area contributed by atoms with Crippen LogP contribution in [0.5, 0.6) is 0 Å². The summed E-state index contributed by atoms with van der Waals surface area (Å²) < 4.78 is 27.6. The Kier molecular flexibility index (Phi) is 4.41. The summed E-state index contributed by atoms with van der Waals surface area (Å²) in [5, 5.41) is 0. The minimum atomic E-state index is -3.66. The van der Waals surface area contributed by atoms with Crippen LogP contribution >= 0.6 is 12.2 Å². The molecule has 0 aromatic carbocycles. The maximum atomic E-state index is 12.4. The second-order valence-electron chi connectivity index (χ2n) is 5.42. The van der Waals surface area contributed by atoms with Crippen LogP contribution in [0.3, 0.4) is 0 Å². The first-order valence-corrected chi connectivity index (χ1v) is 8.49. The van der Waals surface area contributed by atoms with E-state index in [1.54, 1.807) is 6.07 Å². The van der Waals surface area contributed by atoms with Crippen LogP contribution in [0, 0.1) is 5.92 Å². The van der Waals surface area contributed by atoms with Gasteiger partial charge in [0.1, 0.15) is 4.90 Å². The third-order valence-electron chi connectivity index (χ3n) is 3.87. The van der Waals surface area contributed by atoms with Crippen molar-refractivity contribution in [1.29, 1.82) is 0 Å². The van der Waals surface area contributed by atoms with Crippen molar-refractivity contribution in [2.75, 3.05) is 0 Å². The van der Waals surface area contributed by atoms with Crippen molar-refractivity contribution in [3.63, 3.8) is 0 Å². The van der Waals surface area contributed by atoms with Gasteiger partial charge in [-0.25, -0.2) is 8.42 Å². The molecule has 0 saturated heterocycles. The normalized spacial score (nSPS) is 27.1. The van der Waals surface area contributed by atoms with E-state index in [1.165, 1.54) is 18.5 Å². The van der Waals surface area contributed by atoms with E-state index in [9.17, 15) is 8.42 Å². The molecular formula is C13H19N3O2S2. The number of sulfonamides is 1. The number of aromatic nitrogens is 1. The Morgan fingerprint density at radius 2 is 2.15 bits per heavy atom. The van der Waals surface area contributed by atoms with E-state index in [0.29, 0.717) is 18.8 Å². The number of nitrogens with one attached hydrogen (secondary N) is 1. The number of hydrogen-bond donors (Lipinski definition) is 2. The molecule has 110 valence electrons. The Hall–Kier alpha value is -1.05. The van der Waals surface area contributed by atoms with Gasteiger partial charge in [0, 0.05) is 12.4 Å². The van der Waals surface area contributed by atoms with Gasteiger partial charge in [0.25, 0.3) is 0 Å². The van der Waals surface area contributed by atoms with E-state index >= 15 is 0 Å². The maximum absolute atomic E-state index is 12.4. The molecule has 1 aliphatic rings. The highest BCUT2D eigenvalue weighted by Gasteiger charge is 2.40. The highest BCUT2D eigenvalue weighted by Crippen LogP contribution is 2.33. The van der Waals surface area contributed by atoms with Crippen molar-refractivity contribution in [3.05, 3.63) is 24.5 Å². The molecule has 1 saturated carbocycles. The molecule has 1 aromatic rings. The second-order valence-corrected chi connectivity index (χ2v) is 7.55. The monoisotopic (exact) mass is 313 g/mol. The average molecular weight is 313 g/mol. The number of nitrogens with zero attached hydrogens (tertiary/aromatic N) is 1. The summed E-state index contributed by atoms with van der Waals surface area (Å²) in [6, 6.07) is 3.10. The molecule has 1 heterocycles. The van der Waals surface area contributed by atoms with E-state index in [-0.39, 0.29) is 9.88 Å². The average Bonchev–Trinajstić information content (AvgIpc) is 2.42. The molecule has 1 fully saturated rings. The highest BCUT2D eigenvalue weighted by atomic mass is 32.2. The standard InChI is InChI=1S/C13H19N3O2S2/c1-10-4-6-13(7-5-10,12(14)19)16-20(17,18)11-3-2-8-15-9-11/h2-3,8-10,16H,4-7H2,1H3,(H2,14,19). The maximum Gasteiger partial charge on any atom is 0.242 e. The van der Waals surface area contributed by atoms with Gasteiger partial charge in [-0.1, -0.05) is 19.1 Å². The first-order chi connectivity index (χ1) is 9.36. The largest absolute Gasteiger partial charge is 0.392 e. The Morgan fingerprint density at radius 1 is 1.50 bits per heavy atom. The van der Waals surface area contributed by atoms with Crippen LogP contribution < -0.4 is 10.5 Å². The molecule has 20 heavy (non-hydrogen) atoms. The van der Waals surface area contributed by atoms with E-state index in [2.05, 4.69) is 16.6 Å². The van der Waals surface area contributed by atoms with Crippen LogP contribution in [0.1, 0.15) is 32.6 Å². The summed E-state index contributed by atoms with van der Waals surface area (Å²) in [6.07, 6.45) is 5.96. The van der Waals surface area contributed by atoms with Gasteiger partial charge < -0.3 is 5.73 Å². The molecule has 0 atom stereocenters. The number of pyridine rings is 1. The van der Waals surface area contributed by atoms with Crippen molar-refractivity contribution in [3.8, 4) is 0 Å². The summed E-state index contributed by atoms with van der Waals surface area (Å²) in [5.41, 5.74) is 5.01. The predicted molar refractivity (Wildman–Crippen MR) is 81.7 cm³/mol. The van der Waals surface area contributed by atoms with Crippen LogP contribution in [0.15, 0.2) is 29.4 Å². The molecule has 1 aliphatic carbocycles. The molecule has 0 aliphatic heterocycles. The number of hydrogen-bond acceptors (Lipinski definition) is 4. The predicted octanol–water partition coefficient (Wildman–Crippen LogP) is 1.59. The molecule has 2 rings (SSSR count). The van der Waals surface area contributed by atoms with Gasteiger partial charge in [-0.2, -0.15) is 4.72 Å². The van der Waals surface area contributed by atoms with Gasteiger partial charge in [0.2, 0.25) is 10.0 Å². The summed E-state index contributed by atoms with van der Waals surface area (Å²) in [7, 11) is -3.66. The molecular weight excluding hydrogens is 294 g/mol. The smallest absolute Gasteiger partial charge is 0.242 e. The first kappa shape index (κ1) is 15.3. The molecule has 0 unspecified atom stereocenters. The van der Waals surface area contributed by atoms with Gasteiger partial charge in [0.15, 0.2) is 0 Å². The molecule has 0 bridgehead atoms. The lowest BCUT2D eigenvalue weighted by molar-refractivity contribution is 0.289. The van der Waals surface area contributed by atoms with E-state index in [0.717, 1.165) is 12.8 Å². The zero-order valence-electron chi connectivity index (χ0n) is 11.4. The lowest BCUT2D eigenvalue weighted by Crippen LogP contribution is -2.58. The minimum Gasteiger partial charge on any atom is -0.392 e. The van der Waals surface area contributed by atoms with Crippen LogP contribution in [-0.4, -0.2) is 23.9 Å². The van der Waals surface area contributed by atoms with E-state index in [4.69, 9.17) is 18.0 Å². The molecule has 3 N–H and O–H groups in total. The van der Waals surface area contributed by atoms with Crippen molar-refractivity contribution in [2.24, 2.45) is 11.7 Å². The van der Waals surface area contributed by atoms with Crippen LogP contribution in [-0.2, 0) is 10.0 Å². The quantitative estimate of drug-likeness (QED) is 0.825. The summed E-state index contributed by atoms with van der Waals surface area (Å²) in [4.78, 5) is 4.19. The molecule has 0 amide bonds. The Bertz CT molecular complexity index is 579. The third kappa shape index (κ3) is 3.16. The van der Waals surface area contributed by atoms with Crippen molar-refractivity contribution in [1.82, 2.24) is 9.71 Å². The third-order valence-corrected chi connectivity index (χ3v) is 5.79. The van der Waals surface area contributed by atoms with Crippen LogP contribution in [0.2, 0.25) is 0 Å². The zero-order chi connectivity index (χ0) is 14.8. The van der Waals surface area contributed by atoms with Gasteiger partial charge in [0.05, 0.1) is 10.5 Å². The van der Waals surface area contributed by atoms with Gasteiger partial charge >= 0.3 is 0 Å². The number of nitrogens with two attached hydrogens (primary N) is 1. The lowest BCUT2D eigenvalue weighted by atomic mass is 9.78.